The van der Waals surface area contributed by atoms with Crippen LogP contribution in [0.15, 0.2) is 17.6 Å². The number of rotatable bonds is 2. The molecule has 8 heteroatoms. The van der Waals surface area contributed by atoms with Crippen LogP contribution in [0.3, 0.4) is 0 Å². The van der Waals surface area contributed by atoms with Crippen LogP contribution in [-0.2, 0) is 4.79 Å². The van der Waals surface area contributed by atoms with Crippen molar-refractivity contribution in [2.75, 3.05) is 12.4 Å². The van der Waals surface area contributed by atoms with Crippen molar-refractivity contribution in [1.82, 2.24) is 9.99 Å². The van der Waals surface area contributed by atoms with Crippen LogP contribution in [0, 0.1) is 16.5 Å². The smallest absolute Gasteiger partial charge is 0.254 e. The number of hydrogen-bond donors (Lipinski definition) is 2. The van der Waals surface area contributed by atoms with Crippen molar-refractivity contribution in [3.8, 4) is 11.8 Å². The summed E-state index contributed by atoms with van der Waals surface area (Å²) in [7, 11) is 0. The number of nitrogen functional groups attached to an aromatic ring is 1. The van der Waals surface area contributed by atoms with Gasteiger partial charge in [-0.1, -0.05) is 47.3 Å². The van der Waals surface area contributed by atoms with E-state index in [-0.39, 0.29) is 6.54 Å². The molecule has 2 heterocycles. The highest BCUT2D eigenvalue weighted by Gasteiger charge is 2.09. The number of carbonyl (C=O) groups excluding carboxylic acids is 1. The fraction of sp³-hybridized carbons (Fsp3) is 0.167. The third kappa shape index (κ3) is 3.25. The fourth-order valence-corrected chi connectivity index (χ4v) is 2.83. The van der Waals surface area contributed by atoms with E-state index in [1.165, 1.54) is 16.0 Å². The van der Waals surface area contributed by atoms with Gasteiger partial charge < -0.3 is 11.2 Å². The summed E-state index contributed by atoms with van der Waals surface area (Å²) in [5.74, 6) is 11.1. The van der Waals surface area contributed by atoms with Crippen LogP contribution in [0.25, 0.3) is 10.1 Å². The van der Waals surface area contributed by atoms with Gasteiger partial charge in [-0.3, -0.25) is 9.47 Å². The monoisotopic (exact) mass is 345 g/mol. The molecule has 3 N–H and O–H groups in total. The highest BCUT2D eigenvalue weighted by atomic mass is 35.5. The van der Waals surface area contributed by atoms with E-state index in [2.05, 4.69) is 17.2 Å². The van der Waals surface area contributed by atoms with Crippen molar-refractivity contribution in [1.29, 1.82) is 0 Å². The number of alkyl halides is 2. The number of nitrogens with one attached hydrogen (secondary N) is 1. The zero-order valence-electron chi connectivity index (χ0n) is 10.0. The molecular formula is C12H9Cl2N3OS2. The summed E-state index contributed by atoms with van der Waals surface area (Å²) >= 11 is 17.5. The normalized spacial score (nSPS) is 10.3. The molecule has 0 spiro atoms. The van der Waals surface area contributed by atoms with Gasteiger partial charge in [-0.2, -0.15) is 0 Å². The number of aromatic nitrogens is 1. The van der Waals surface area contributed by atoms with Gasteiger partial charge in [-0.25, -0.2) is 0 Å². The second kappa shape index (κ2) is 6.46. The van der Waals surface area contributed by atoms with E-state index in [0.29, 0.717) is 4.64 Å². The van der Waals surface area contributed by atoms with Gasteiger partial charge in [0.05, 0.1) is 16.8 Å². The number of nitrogens with zero attached hydrogens (tertiary/aromatic N) is 1. The average Bonchev–Trinajstić information content (AvgIpc) is 2.89. The molecule has 1 amide bonds. The highest BCUT2D eigenvalue weighted by molar-refractivity contribution is 7.71. The Balaban J connectivity index is 2.23. The molecule has 0 aliphatic carbocycles. The first-order valence-electron chi connectivity index (χ1n) is 5.43. The predicted molar refractivity (Wildman–Crippen MR) is 86.2 cm³/mol. The molecule has 0 aliphatic rings. The molecule has 2 rings (SSSR count). The molecule has 0 aromatic carbocycles. The lowest BCUT2D eigenvalue weighted by Crippen LogP contribution is -2.28. The van der Waals surface area contributed by atoms with Crippen molar-refractivity contribution in [2.24, 2.45) is 0 Å². The number of nitrogens with two attached hydrogens (primary N) is 1. The molecule has 0 saturated carbocycles. The van der Waals surface area contributed by atoms with Crippen LogP contribution >= 0.6 is 46.8 Å². The maximum atomic E-state index is 11.1. The minimum Gasteiger partial charge on any atom is -0.343 e. The summed E-state index contributed by atoms with van der Waals surface area (Å²) in [5.41, 5.74) is 0.750. The minimum atomic E-state index is -1.09. The Hall–Kier alpha value is -1.26. The molecule has 0 bridgehead atoms. The van der Waals surface area contributed by atoms with Crippen molar-refractivity contribution >= 4 is 62.7 Å². The Morgan fingerprint density at radius 1 is 1.60 bits per heavy atom. The zero-order chi connectivity index (χ0) is 14.7. The molecule has 2 aromatic rings. The van der Waals surface area contributed by atoms with Crippen molar-refractivity contribution < 1.29 is 4.79 Å². The Kier molecular flexibility index (Phi) is 4.89. The third-order valence-electron chi connectivity index (χ3n) is 2.42. The van der Waals surface area contributed by atoms with E-state index in [0.717, 1.165) is 15.6 Å². The van der Waals surface area contributed by atoms with E-state index in [9.17, 15) is 4.79 Å². The van der Waals surface area contributed by atoms with Gasteiger partial charge in [-0.05, 0) is 11.4 Å². The van der Waals surface area contributed by atoms with Gasteiger partial charge >= 0.3 is 0 Å². The largest absolute Gasteiger partial charge is 0.343 e. The lowest BCUT2D eigenvalue weighted by Gasteiger charge is -2.02. The maximum absolute atomic E-state index is 11.1. The minimum absolute atomic E-state index is 0.153. The topological polar surface area (TPSA) is 60.0 Å². The summed E-state index contributed by atoms with van der Waals surface area (Å²) in [6.07, 6.45) is 1.66. The molecule has 0 radical (unpaired) electrons. The Labute approximate surface area is 134 Å². The van der Waals surface area contributed by atoms with Gasteiger partial charge in [0.25, 0.3) is 5.91 Å². The van der Waals surface area contributed by atoms with Crippen molar-refractivity contribution in [2.45, 2.75) is 4.84 Å². The summed E-state index contributed by atoms with van der Waals surface area (Å²) in [5, 5.41) is 5.37. The highest BCUT2D eigenvalue weighted by Crippen LogP contribution is 2.24. The summed E-state index contributed by atoms with van der Waals surface area (Å²) < 4.78 is 2.85. The Bertz CT molecular complexity index is 770. The van der Waals surface area contributed by atoms with Crippen LogP contribution in [0.2, 0.25) is 0 Å². The molecule has 104 valence electrons. The number of fused-ring (bicyclic) bond motifs is 1. The van der Waals surface area contributed by atoms with Gasteiger partial charge in [0.2, 0.25) is 0 Å². The number of carbonyl (C=O) groups is 1. The molecular weight excluding hydrogens is 337 g/mol. The SMILES string of the molecule is Nn1cc(C#CCNC(=O)C(Cl)Cl)c2ccsc2c1=S. The first-order valence-corrected chi connectivity index (χ1v) is 7.59. The van der Waals surface area contributed by atoms with Crippen LogP contribution in [-0.4, -0.2) is 22.0 Å². The number of thiophene rings is 1. The number of amides is 1. The molecule has 4 nitrogen and oxygen atoms in total. The lowest BCUT2D eigenvalue weighted by atomic mass is 10.2. The summed E-state index contributed by atoms with van der Waals surface area (Å²) in [4.78, 5) is 10.1. The van der Waals surface area contributed by atoms with E-state index in [1.54, 1.807) is 6.20 Å². The third-order valence-corrected chi connectivity index (χ3v) is 4.29. The van der Waals surface area contributed by atoms with Crippen LogP contribution in [0.4, 0.5) is 0 Å². The Morgan fingerprint density at radius 2 is 2.35 bits per heavy atom. The summed E-state index contributed by atoms with van der Waals surface area (Å²) in [6, 6.07) is 1.94. The standard InChI is InChI=1S/C12H9Cl2N3OS2/c13-10(14)11(18)16-4-1-2-7-6-17(15)12(19)9-8(7)3-5-20-9/h3,5-6,10H,4,15H2,(H,16,18). The molecule has 0 saturated heterocycles. The van der Waals surface area contributed by atoms with Crippen LogP contribution in [0.1, 0.15) is 5.56 Å². The molecule has 0 aliphatic heterocycles. The first-order chi connectivity index (χ1) is 9.50. The second-order valence-electron chi connectivity index (χ2n) is 3.74. The first kappa shape index (κ1) is 15.1. The lowest BCUT2D eigenvalue weighted by molar-refractivity contribution is -0.119. The Morgan fingerprint density at radius 3 is 3.05 bits per heavy atom. The quantitative estimate of drug-likeness (QED) is 0.380. The fourth-order valence-electron chi connectivity index (χ4n) is 1.52. The van der Waals surface area contributed by atoms with Gasteiger partial charge in [0.15, 0.2) is 4.84 Å². The molecule has 0 unspecified atom stereocenters. The molecule has 20 heavy (non-hydrogen) atoms. The van der Waals surface area contributed by atoms with Gasteiger partial charge in [-0.15, -0.1) is 11.3 Å². The second-order valence-corrected chi connectivity index (χ2v) is 6.14. The average molecular weight is 346 g/mol. The number of halogens is 2. The molecule has 0 fully saturated rings. The van der Waals surface area contributed by atoms with Gasteiger partial charge in [0.1, 0.15) is 4.64 Å². The number of hydrogen-bond acceptors (Lipinski definition) is 4. The van der Waals surface area contributed by atoms with Gasteiger partial charge in [0, 0.05) is 11.6 Å². The van der Waals surface area contributed by atoms with E-state index in [4.69, 9.17) is 41.3 Å². The summed E-state index contributed by atoms with van der Waals surface area (Å²) in [6.45, 7) is 0.153. The van der Waals surface area contributed by atoms with E-state index < -0.39 is 10.7 Å². The van der Waals surface area contributed by atoms with Crippen molar-refractivity contribution in [3.63, 3.8) is 0 Å². The zero-order valence-corrected chi connectivity index (χ0v) is 13.2. The maximum Gasteiger partial charge on any atom is 0.254 e. The van der Waals surface area contributed by atoms with Crippen LogP contribution in [0.5, 0.6) is 0 Å². The van der Waals surface area contributed by atoms with Crippen molar-refractivity contribution in [3.05, 3.63) is 27.8 Å². The van der Waals surface area contributed by atoms with E-state index >= 15 is 0 Å². The van der Waals surface area contributed by atoms with Crippen LogP contribution < -0.4 is 11.2 Å². The molecule has 0 atom stereocenters. The molecule has 2 aromatic heterocycles. The number of pyridine rings is 1. The predicted octanol–water partition coefficient (Wildman–Crippen LogP) is 2.42. The van der Waals surface area contributed by atoms with E-state index in [1.807, 2.05) is 11.4 Å².